The Labute approximate surface area is 123 Å². The Bertz CT molecular complexity index is 925. The number of ether oxygens (including phenoxy) is 1. The van der Waals surface area contributed by atoms with Crippen molar-refractivity contribution < 1.29 is 9.53 Å². The summed E-state index contributed by atoms with van der Waals surface area (Å²) in [5.41, 5.74) is 0.656. The number of carbonyl (C=O) groups excluding carboxylic acids is 1. The summed E-state index contributed by atoms with van der Waals surface area (Å²) in [7, 11) is 0. The van der Waals surface area contributed by atoms with Gasteiger partial charge in [0, 0.05) is 6.92 Å². The third kappa shape index (κ3) is 2.68. The molecule has 6 nitrogen and oxygen atoms in total. The minimum atomic E-state index is -0.366. The van der Waals surface area contributed by atoms with E-state index in [1.54, 1.807) is 37.3 Å². The molecule has 21 heavy (non-hydrogen) atoms. The summed E-state index contributed by atoms with van der Waals surface area (Å²) in [5, 5.41) is 4.05. The molecule has 0 bridgehead atoms. The Balaban J connectivity index is 1.99. The fourth-order valence-electron chi connectivity index (χ4n) is 1.88. The van der Waals surface area contributed by atoms with Gasteiger partial charge in [-0.05, 0) is 30.7 Å². The van der Waals surface area contributed by atoms with E-state index in [9.17, 15) is 9.59 Å². The van der Waals surface area contributed by atoms with Gasteiger partial charge in [-0.2, -0.15) is 4.52 Å². The van der Waals surface area contributed by atoms with Gasteiger partial charge in [-0.1, -0.05) is 23.5 Å². The largest absolute Gasteiger partial charge is 0.427 e. The number of rotatable bonds is 2. The Kier molecular flexibility index (Phi) is 3.26. The third-order valence-electron chi connectivity index (χ3n) is 2.73. The molecule has 0 aliphatic heterocycles. The van der Waals surface area contributed by atoms with E-state index in [0.29, 0.717) is 21.1 Å². The highest BCUT2D eigenvalue weighted by molar-refractivity contribution is 7.15. The predicted octanol–water partition coefficient (Wildman–Crippen LogP) is 0.932. The van der Waals surface area contributed by atoms with Gasteiger partial charge >= 0.3 is 5.97 Å². The lowest BCUT2D eigenvalue weighted by atomic mass is 10.2. The first-order valence-electron chi connectivity index (χ1n) is 6.19. The number of esters is 1. The SMILES string of the molecule is CC(=O)Oc1ccc(/C=c2\sc3nc(C)nn3c2=O)cc1. The molecule has 2 aromatic heterocycles. The molecule has 0 fully saturated rings. The Morgan fingerprint density at radius 2 is 2.05 bits per heavy atom. The molecule has 106 valence electrons. The average Bonchev–Trinajstić information content (AvgIpc) is 2.91. The zero-order chi connectivity index (χ0) is 15.0. The number of carbonyl (C=O) groups is 1. The Hall–Kier alpha value is -2.54. The van der Waals surface area contributed by atoms with Gasteiger partial charge in [-0.15, -0.1) is 5.10 Å². The fraction of sp³-hybridized carbons (Fsp3) is 0.143. The quantitative estimate of drug-likeness (QED) is 0.520. The summed E-state index contributed by atoms with van der Waals surface area (Å²) in [6.45, 7) is 3.09. The number of thiazole rings is 1. The molecule has 0 amide bonds. The number of hydrogen-bond donors (Lipinski definition) is 0. The number of aryl methyl sites for hydroxylation is 1. The van der Waals surface area contributed by atoms with Crippen LogP contribution in [0.2, 0.25) is 0 Å². The summed E-state index contributed by atoms with van der Waals surface area (Å²) >= 11 is 1.29. The maximum Gasteiger partial charge on any atom is 0.308 e. The summed E-state index contributed by atoms with van der Waals surface area (Å²) in [4.78, 5) is 27.7. The lowest BCUT2D eigenvalue weighted by Gasteiger charge is -2.00. The zero-order valence-corrected chi connectivity index (χ0v) is 12.2. The molecule has 0 N–H and O–H groups in total. The Morgan fingerprint density at radius 1 is 1.33 bits per heavy atom. The third-order valence-corrected chi connectivity index (χ3v) is 3.69. The number of fused-ring (bicyclic) bond motifs is 1. The minimum Gasteiger partial charge on any atom is -0.427 e. The van der Waals surface area contributed by atoms with E-state index in [1.807, 2.05) is 0 Å². The molecule has 0 spiro atoms. The van der Waals surface area contributed by atoms with Gasteiger partial charge in [-0.3, -0.25) is 9.59 Å². The molecule has 0 atom stereocenters. The van der Waals surface area contributed by atoms with Gasteiger partial charge in [-0.25, -0.2) is 4.98 Å². The molecule has 2 heterocycles. The second kappa shape index (κ2) is 5.10. The van der Waals surface area contributed by atoms with Crippen molar-refractivity contribution in [2.75, 3.05) is 0 Å². The van der Waals surface area contributed by atoms with Crippen LogP contribution in [0.3, 0.4) is 0 Å². The molecule has 1 aromatic carbocycles. The van der Waals surface area contributed by atoms with Gasteiger partial charge < -0.3 is 4.74 Å². The van der Waals surface area contributed by atoms with Crippen molar-refractivity contribution in [2.24, 2.45) is 0 Å². The maximum absolute atomic E-state index is 12.1. The molecule has 3 rings (SSSR count). The van der Waals surface area contributed by atoms with E-state index in [4.69, 9.17) is 4.74 Å². The van der Waals surface area contributed by atoms with Crippen LogP contribution in [-0.2, 0) is 4.79 Å². The monoisotopic (exact) mass is 301 g/mol. The van der Waals surface area contributed by atoms with Crippen LogP contribution in [-0.4, -0.2) is 20.6 Å². The van der Waals surface area contributed by atoms with Crippen LogP contribution in [0.15, 0.2) is 29.1 Å². The van der Waals surface area contributed by atoms with E-state index in [2.05, 4.69) is 10.1 Å². The van der Waals surface area contributed by atoms with E-state index < -0.39 is 0 Å². The van der Waals surface area contributed by atoms with Crippen LogP contribution in [0.1, 0.15) is 18.3 Å². The lowest BCUT2D eigenvalue weighted by molar-refractivity contribution is -0.131. The molecular formula is C14H11N3O3S. The van der Waals surface area contributed by atoms with E-state index in [0.717, 1.165) is 5.56 Å². The highest BCUT2D eigenvalue weighted by Gasteiger charge is 2.07. The molecule has 0 unspecified atom stereocenters. The Morgan fingerprint density at radius 3 is 2.67 bits per heavy atom. The number of aromatic nitrogens is 3. The van der Waals surface area contributed by atoms with Crippen LogP contribution in [0.4, 0.5) is 0 Å². The molecule has 0 aliphatic rings. The van der Waals surface area contributed by atoms with Gasteiger partial charge in [0.1, 0.15) is 11.6 Å². The normalized spacial score (nSPS) is 12.0. The average molecular weight is 301 g/mol. The molecule has 0 saturated heterocycles. The minimum absolute atomic E-state index is 0.181. The van der Waals surface area contributed by atoms with Crippen LogP contribution in [0.5, 0.6) is 5.75 Å². The van der Waals surface area contributed by atoms with Crippen molar-refractivity contribution in [3.05, 3.63) is 50.5 Å². The smallest absolute Gasteiger partial charge is 0.308 e. The predicted molar refractivity (Wildman–Crippen MR) is 78.4 cm³/mol. The maximum atomic E-state index is 12.1. The van der Waals surface area contributed by atoms with Gasteiger partial charge in [0.05, 0.1) is 4.53 Å². The second-order valence-corrected chi connectivity index (χ2v) is 5.44. The van der Waals surface area contributed by atoms with E-state index in [1.165, 1.54) is 22.8 Å². The zero-order valence-electron chi connectivity index (χ0n) is 11.4. The molecule has 7 heteroatoms. The summed E-state index contributed by atoms with van der Waals surface area (Å²) in [6, 6.07) is 6.91. The van der Waals surface area contributed by atoms with Crippen molar-refractivity contribution in [1.82, 2.24) is 14.6 Å². The highest BCUT2D eigenvalue weighted by Crippen LogP contribution is 2.13. The summed E-state index contributed by atoms with van der Waals surface area (Å²) in [5.74, 6) is 0.686. The summed E-state index contributed by atoms with van der Waals surface area (Å²) in [6.07, 6.45) is 1.76. The number of hydrogen-bond acceptors (Lipinski definition) is 6. The van der Waals surface area contributed by atoms with Gasteiger partial charge in [0.25, 0.3) is 5.56 Å². The highest BCUT2D eigenvalue weighted by atomic mass is 32.1. The molecular weight excluding hydrogens is 290 g/mol. The second-order valence-electron chi connectivity index (χ2n) is 4.43. The van der Waals surface area contributed by atoms with Crippen LogP contribution in [0, 0.1) is 6.92 Å². The van der Waals surface area contributed by atoms with Crippen LogP contribution in [0.25, 0.3) is 11.0 Å². The van der Waals surface area contributed by atoms with Crippen molar-refractivity contribution in [1.29, 1.82) is 0 Å². The van der Waals surface area contributed by atoms with Crippen molar-refractivity contribution >= 4 is 28.3 Å². The lowest BCUT2D eigenvalue weighted by Crippen LogP contribution is -2.23. The molecule has 0 saturated carbocycles. The van der Waals surface area contributed by atoms with Crippen LogP contribution >= 0.6 is 11.3 Å². The number of nitrogens with zero attached hydrogens (tertiary/aromatic N) is 3. The summed E-state index contributed by atoms with van der Waals surface area (Å²) < 4.78 is 6.82. The van der Waals surface area contributed by atoms with Crippen molar-refractivity contribution in [2.45, 2.75) is 13.8 Å². The van der Waals surface area contributed by atoms with E-state index >= 15 is 0 Å². The molecule has 3 aromatic rings. The van der Waals surface area contributed by atoms with Crippen molar-refractivity contribution in [3.8, 4) is 5.75 Å². The first kappa shape index (κ1) is 13.4. The first-order valence-corrected chi connectivity index (χ1v) is 7.01. The topological polar surface area (TPSA) is 73.6 Å². The molecule has 0 aliphatic carbocycles. The molecule has 0 radical (unpaired) electrons. The van der Waals surface area contributed by atoms with Gasteiger partial charge in [0.2, 0.25) is 4.96 Å². The van der Waals surface area contributed by atoms with Gasteiger partial charge in [0.15, 0.2) is 0 Å². The standard InChI is InChI=1S/C14H11N3O3S/c1-8-15-14-17(16-8)13(19)12(21-14)7-10-3-5-11(6-4-10)20-9(2)18/h3-7H,1-2H3/b12-7-. The first-order chi connectivity index (χ1) is 10.0. The van der Waals surface area contributed by atoms with Crippen LogP contribution < -0.4 is 14.8 Å². The van der Waals surface area contributed by atoms with E-state index in [-0.39, 0.29) is 11.5 Å². The number of benzene rings is 1. The fourth-order valence-corrected chi connectivity index (χ4v) is 2.83. The van der Waals surface area contributed by atoms with Crippen molar-refractivity contribution in [3.63, 3.8) is 0 Å².